The van der Waals surface area contributed by atoms with Crippen LogP contribution >= 0.6 is 0 Å². The Morgan fingerprint density at radius 3 is 2.94 bits per heavy atom. The van der Waals surface area contributed by atoms with Gasteiger partial charge in [-0.25, -0.2) is 4.98 Å². The number of nitrogens with one attached hydrogen (secondary N) is 1. The quantitative estimate of drug-likeness (QED) is 0.665. The van der Waals surface area contributed by atoms with Gasteiger partial charge in [0.05, 0.1) is 0 Å². The van der Waals surface area contributed by atoms with Gasteiger partial charge in [-0.1, -0.05) is 6.92 Å². The molecule has 0 amide bonds. The zero-order valence-electron chi connectivity index (χ0n) is 9.98. The fraction of sp³-hybridized carbons (Fsp3) is 0.400. The van der Waals surface area contributed by atoms with E-state index >= 15 is 0 Å². The number of hydrogen-bond donors (Lipinski definition) is 3. The molecule has 8 nitrogen and oxygen atoms in total. The molecule has 96 valence electrons. The molecule has 2 rings (SSSR count). The van der Waals surface area contributed by atoms with Crippen molar-refractivity contribution in [2.24, 2.45) is 5.92 Å². The third-order valence-electron chi connectivity index (χ3n) is 2.30. The maximum absolute atomic E-state index is 8.94. The maximum Gasteiger partial charge on any atom is 0.241 e. The largest absolute Gasteiger partial charge is 0.396 e. The minimum absolute atomic E-state index is 0.0992. The summed E-state index contributed by atoms with van der Waals surface area (Å²) in [6.45, 7) is 2.57. The van der Waals surface area contributed by atoms with Crippen LogP contribution in [0.4, 0.5) is 11.9 Å². The Bertz CT molecular complexity index is 499. The van der Waals surface area contributed by atoms with Crippen molar-refractivity contribution in [2.45, 2.75) is 6.92 Å². The molecule has 1 unspecified atom stereocenters. The lowest BCUT2D eigenvalue weighted by Crippen LogP contribution is -2.17. The van der Waals surface area contributed by atoms with Crippen LogP contribution in [0, 0.1) is 5.92 Å². The van der Waals surface area contributed by atoms with Gasteiger partial charge in [0.15, 0.2) is 0 Å². The van der Waals surface area contributed by atoms with E-state index in [1.165, 1.54) is 0 Å². The molecule has 0 fully saturated rings. The first kappa shape index (κ1) is 12.2. The van der Waals surface area contributed by atoms with Crippen molar-refractivity contribution in [1.29, 1.82) is 0 Å². The number of hydrogen-bond acceptors (Lipinski definition) is 7. The molecule has 0 saturated carbocycles. The summed E-state index contributed by atoms with van der Waals surface area (Å²) in [6, 6.07) is 0. The number of rotatable bonds is 5. The van der Waals surface area contributed by atoms with E-state index in [0.717, 1.165) is 0 Å². The highest BCUT2D eigenvalue weighted by atomic mass is 16.3. The topological polar surface area (TPSA) is 115 Å². The highest BCUT2D eigenvalue weighted by molar-refractivity contribution is 5.35. The van der Waals surface area contributed by atoms with Crippen LogP contribution in [-0.4, -0.2) is 42.8 Å². The van der Waals surface area contributed by atoms with E-state index in [2.05, 4.69) is 25.3 Å². The molecule has 8 heteroatoms. The predicted molar refractivity (Wildman–Crippen MR) is 66.1 cm³/mol. The maximum atomic E-state index is 8.94. The molecule has 0 saturated heterocycles. The predicted octanol–water partition coefficient (Wildman–Crippen LogP) is -0.320. The van der Waals surface area contributed by atoms with Crippen LogP contribution in [0.25, 0.3) is 5.95 Å². The summed E-state index contributed by atoms with van der Waals surface area (Å²) in [7, 11) is 0. The van der Waals surface area contributed by atoms with Crippen molar-refractivity contribution in [2.75, 3.05) is 24.2 Å². The van der Waals surface area contributed by atoms with Crippen LogP contribution in [0.1, 0.15) is 6.92 Å². The van der Waals surface area contributed by atoms with Crippen LogP contribution in [0.5, 0.6) is 0 Å². The Labute approximate surface area is 104 Å². The summed E-state index contributed by atoms with van der Waals surface area (Å²) in [4.78, 5) is 16.1. The van der Waals surface area contributed by atoms with Crippen LogP contribution in [0.15, 0.2) is 18.7 Å². The molecule has 0 bridgehead atoms. The normalized spacial score (nSPS) is 12.3. The number of aromatic nitrogens is 5. The number of nitrogens with two attached hydrogens (primary N) is 1. The highest BCUT2D eigenvalue weighted by Crippen LogP contribution is 2.07. The average Bonchev–Trinajstić information content (AvgIpc) is 2.89. The Hall–Kier alpha value is -2.22. The smallest absolute Gasteiger partial charge is 0.241 e. The van der Waals surface area contributed by atoms with Crippen LogP contribution in [0.2, 0.25) is 0 Å². The van der Waals surface area contributed by atoms with Gasteiger partial charge < -0.3 is 16.2 Å². The lowest BCUT2D eigenvalue weighted by atomic mass is 10.2. The standard InChI is InChI=1S/C10H15N7O/c1-7(5-18)4-13-9-14-8(11)15-10(16-9)17-3-2-12-6-17/h2-3,6-7,18H,4-5H2,1H3,(H3,11,13,14,15,16). The number of imidazole rings is 1. The van der Waals surface area contributed by atoms with Crippen molar-refractivity contribution < 1.29 is 5.11 Å². The highest BCUT2D eigenvalue weighted by Gasteiger charge is 2.07. The van der Waals surface area contributed by atoms with Crippen molar-refractivity contribution >= 4 is 11.9 Å². The molecule has 2 aromatic heterocycles. The summed E-state index contributed by atoms with van der Waals surface area (Å²) < 4.78 is 1.64. The van der Waals surface area contributed by atoms with Gasteiger partial charge >= 0.3 is 0 Å². The van der Waals surface area contributed by atoms with E-state index in [1.807, 2.05) is 6.92 Å². The Kier molecular flexibility index (Phi) is 3.68. The van der Waals surface area contributed by atoms with Crippen molar-refractivity contribution in [3.8, 4) is 5.95 Å². The minimum Gasteiger partial charge on any atom is -0.396 e. The van der Waals surface area contributed by atoms with Crippen molar-refractivity contribution in [1.82, 2.24) is 24.5 Å². The summed E-state index contributed by atoms with van der Waals surface area (Å²) >= 11 is 0. The molecular weight excluding hydrogens is 234 g/mol. The van der Waals surface area contributed by atoms with Gasteiger partial charge in [0.1, 0.15) is 6.33 Å². The van der Waals surface area contributed by atoms with Gasteiger partial charge in [-0.05, 0) is 5.92 Å². The van der Waals surface area contributed by atoms with Gasteiger partial charge in [-0.2, -0.15) is 15.0 Å². The second-order valence-corrected chi connectivity index (χ2v) is 3.96. The van der Waals surface area contributed by atoms with Gasteiger partial charge in [0.2, 0.25) is 17.8 Å². The summed E-state index contributed by atoms with van der Waals surface area (Å²) in [5, 5.41) is 11.9. The molecule has 0 spiro atoms. The molecule has 0 aromatic carbocycles. The molecule has 2 heterocycles. The number of nitrogen functional groups attached to an aromatic ring is 1. The SMILES string of the molecule is CC(CO)CNc1nc(N)nc(-n2ccnc2)n1. The Morgan fingerprint density at radius 2 is 2.28 bits per heavy atom. The van der Waals surface area contributed by atoms with Crippen molar-refractivity contribution in [3.05, 3.63) is 18.7 Å². The summed E-state index contributed by atoms with van der Waals surface area (Å²) in [5.74, 6) is 1.03. The summed E-state index contributed by atoms with van der Waals surface area (Å²) in [5.41, 5.74) is 5.62. The van der Waals surface area contributed by atoms with Crippen molar-refractivity contribution in [3.63, 3.8) is 0 Å². The Balaban J connectivity index is 2.17. The molecule has 0 radical (unpaired) electrons. The Morgan fingerprint density at radius 1 is 1.44 bits per heavy atom. The van der Waals surface area contributed by atoms with Crippen LogP contribution in [0.3, 0.4) is 0 Å². The fourth-order valence-corrected chi connectivity index (χ4v) is 1.28. The zero-order valence-corrected chi connectivity index (χ0v) is 9.98. The molecule has 2 aromatic rings. The average molecular weight is 249 g/mol. The third-order valence-corrected chi connectivity index (χ3v) is 2.30. The molecular formula is C10H15N7O. The molecule has 0 aliphatic carbocycles. The first-order chi connectivity index (χ1) is 8.69. The number of aliphatic hydroxyl groups is 1. The lowest BCUT2D eigenvalue weighted by Gasteiger charge is -2.10. The van der Waals surface area contributed by atoms with Gasteiger partial charge in [0.25, 0.3) is 0 Å². The van der Waals surface area contributed by atoms with E-state index in [-0.39, 0.29) is 18.5 Å². The molecule has 0 aliphatic heterocycles. The summed E-state index contributed by atoms with van der Waals surface area (Å²) in [6.07, 6.45) is 4.92. The number of aliphatic hydroxyl groups excluding tert-OH is 1. The fourth-order valence-electron chi connectivity index (χ4n) is 1.28. The number of nitrogens with zero attached hydrogens (tertiary/aromatic N) is 5. The molecule has 4 N–H and O–H groups in total. The van der Waals surface area contributed by atoms with Gasteiger partial charge in [-0.15, -0.1) is 0 Å². The van der Waals surface area contributed by atoms with Gasteiger partial charge in [-0.3, -0.25) is 4.57 Å². The van der Waals surface area contributed by atoms with E-state index in [4.69, 9.17) is 10.8 Å². The molecule has 0 aliphatic rings. The molecule has 18 heavy (non-hydrogen) atoms. The third kappa shape index (κ3) is 2.92. The second-order valence-electron chi connectivity index (χ2n) is 3.96. The van der Waals surface area contributed by atoms with E-state index in [9.17, 15) is 0 Å². The monoisotopic (exact) mass is 249 g/mol. The number of anilines is 2. The second kappa shape index (κ2) is 5.41. The minimum atomic E-state index is 0.0992. The zero-order chi connectivity index (χ0) is 13.0. The first-order valence-electron chi connectivity index (χ1n) is 5.53. The van der Waals surface area contributed by atoms with Crippen LogP contribution in [-0.2, 0) is 0 Å². The molecule has 1 atom stereocenters. The van der Waals surface area contributed by atoms with Gasteiger partial charge in [0, 0.05) is 25.5 Å². The van der Waals surface area contributed by atoms with Crippen LogP contribution < -0.4 is 11.1 Å². The first-order valence-corrected chi connectivity index (χ1v) is 5.53. The van der Waals surface area contributed by atoms with E-state index in [1.54, 1.807) is 23.3 Å². The van der Waals surface area contributed by atoms with E-state index < -0.39 is 0 Å². The van der Waals surface area contributed by atoms with E-state index in [0.29, 0.717) is 18.4 Å². The lowest BCUT2D eigenvalue weighted by molar-refractivity contribution is 0.244.